The normalized spacial score (nSPS) is 11.1. The van der Waals surface area contributed by atoms with Gasteiger partial charge in [0, 0.05) is 31.1 Å². The lowest BCUT2D eigenvalue weighted by Crippen LogP contribution is -2.17. The number of hydrogen-bond donors (Lipinski definition) is 0. The molecule has 6 heteroatoms. The number of ketones is 1. The summed E-state index contributed by atoms with van der Waals surface area (Å²) in [6, 6.07) is 10.4. The van der Waals surface area contributed by atoms with Crippen molar-refractivity contribution >= 4 is 23.2 Å². The molecule has 0 atom stereocenters. The summed E-state index contributed by atoms with van der Waals surface area (Å²) in [6.07, 6.45) is 7.94. The first-order chi connectivity index (χ1) is 12.6. The zero-order valence-corrected chi connectivity index (χ0v) is 14.0. The highest BCUT2D eigenvalue weighted by molar-refractivity contribution is 5.94. The van der Waals surface area contributed by atoms with Crippen LogP contribution >= 0.6 is 0 Å². The third-order valence-electron chi connectivity index (χ3n) is 4.23. The number of Topliss-reactive ketones (excluding diaryl/α,β-unsaturated/α-hetero) is 1. The molecule has 0 fully saturated rings. The molecule has 0 amide bonds. The maximum atomic E-state index is 12.5. The number of rotatable bonds is 5. The van der Waals surface area contributed by atoms with Gasteiger partial charge in [-0.15, -0.1) is 0 Å². The first kappa shape index (κ1) is 16.0. The van der Waals surface area contributed by atoms with Crippen LogP contribution in [0.1, 0.15) is 28.2 Å². The van der Waals surface area contributed by atoms with E-state index in [-0.39, 0.29) is 23.5 Å². The number of carbonyl (C=O) groups excluding carboxylic acids is 1. The van der Waals surface area contributed by atoms with Gasteiger partial charge >= 0.3 is 0 Å². The summed E-state index contributed by atoms with van der Waals surface area (Å²) in [7, 11) is 0. The predicted octanol–water partition coefficient (Wildman–Crippen LogP) is 2.80. The Kier molecular flexibility index (Phi) is 3.93. The SMILES string of the molecule is C=Cc1ccn2cc(CCC(=O)c3cc(=O)n4ccccc4n3)nc2c1. The van der Waals surface area contributed by atoms with E-state index in [9.17, 15) is 9.59 Å². The molecule has 26 heavy (non-hydrogen) atoms. The topological polar surface area (TPSA) is 68.7 Å². The Bertz CT molecular complexity index is 1200. The van der Waals surface area contributed by atoms with Crippen LogP contribution in [0.2, 0.25) is 0 Å². The summed E-state index contributed by atoms with van der Waals surface area (Å²) in [6.45, 7) is 3.75. The van der Waals surface area contributed by atoms with Gasteiger partial charge in [0.15, 0.2) is 5.78 Å². The van der Waals surface area contributed by atoms with Crippen molar-refractivity contribution in [3.05, 3.63) is 88.9 Å². The number of imidazole rings is 1. The Morgan fingerprint density at radius 3 is 2.85 bits per heavy atom. The first-order valence-electron chi connectivity index (χ1n) is 8.26. The maximum Gasteiger partial charge on any atom is 0.258 e. The van der Waals surface area contributed by atoms with Crippen LogP contribution in [0.3, 0.4) is 0 Å². The monoisotopic (exact) mass is 344 g/mol. The number of aromatic nitrogens is 4. The minimum Gasteiger partial charge on any atom is -0.307 e. The van der Waals surface area contributed by atoms with Crippen molar-refractivity contribution in [1.29, 1.82) is 0 Å². The summed E-state index contributed by atoms with van der Waals surface area (Å²) in [4.78, 5) is 33.4. The van der Waals surface area contributed by atoms with Crippen LogP contribution in [0.5, 0.6) is 0 Å². The van der Waals surface area contributed by atoms with Gasteiger partial charge < -0.3 is 4.40 Å². The van der Waals surface area contributed by atoms with Crippen molar-refractivity contribution in [3.8, 4) is 0 Å². The van der Waals surface area contributed by atoms with E-state index in [0.717, 1.165) is 16.9 Å². The summed E-state index contributed by atoms with van der Waals surface area (Å²) >= 11 is 0. The van der Waals surface area contributed by atoms with Crippen molar-refractivity contribution in [2.24, 2.45) is 0 Å². The van der Waals surface area contributed by atoms with Gasteiger partial charge in [0.25, 0.3) is 5.56 Å². The predicted molar refractivity (Wildman–Crippen MR) is 99.4 cm³/mol. The van der Waals surface area contributed by atoms with E-state index in [0.29, 0.717) is 12.1 Å². The molecule has 0 aliphatic rings. The molecule has 0 saturated carbocycles. The number of pyridine rings is 2. The number of hydrogen-bond acceptors (Lipinski definition) is 4. The summed E-state index contributed by atoms with van der Waals surface area (Å²) in [5.74, 6) is -0.169. The summed E-state index contributed by atoms with van der Waals surface area (Å²) in [5.41, 5.74) is 3.02. The maximum absolute atomic E-state index is 12.5. The molecule has 0 aliphatic carbocycles. The molecule has 0 radical (unpaired) electrons. The zero-order valence-electron chi connectivity index (χ0n) is 14.0. The second-order valence-corrected chi connectivity index (χ2v) is 5.99. The highest BCUT2D eigenvalue weighted by Gasteiger charge is 2.12. The van der Waals surface area contributed by atoms with Crippen LogP contribution in [-0.2, 0) is 6.42 Å². The fourth-order valence-corrected chi connectivity index (χ4v) is 2.86. The number of nitrogens with zero attached hydrogens (tertiary/aromatic N) is 4. The van der Waals surface area contributed by atoms with E-state index in [1.807, 2.05) is 28.9 Å². The summed E-state index contributed by atoms with van der Waals surface area (Å²) < 4.78 is 3.32. The third kappa shape index (κ3) is 2.93. The molecule has 128 valence electrons. The lowest BCUT2D eigenvalue weighted by atomic mass is 10.1. The van der Waals surface area contributed by atoms with Gasteiger partial charge in [-0.25, -0.2) is 9.97 Å². The number of carbonyl (C=O) groups is 1. The quantitative estimate of drug-likeness (QED) is 0.522. The second kappa shape index (κ2) is 6.40. The average Bonchev–Trinajstić information content (AvgIpc) is 3.08. The molecule has 4 rings (SSSR count). The molecule has 0 N–H and O–H groups in total. The van der Waals surface area contributed by atoms with E-state index < -0.39 is 0 Å². The van der Waals surface area contributed by atoms with Crippen LogP contribution in [0.4, 0.5) is 0 Å². The first-order valence-corrected chi connectivity index (χ1v) is 8.26. The average molecular weight is 344 g/mol. The molecule has 0 spiro atoms. The zero-order chi connectivity index (χ0) is 18.1. The van der Waals surface area contributed by atoms with Gasteiger partial charge in [-0.1, -0.05) is 18.7 Å². The van der Waals surface area contributed by atoms with Crippen LogP contribution in [0.15, 0.2) is 66.4 Å². The van der Waals surface area contributed by atoms with Gasteiger partial charge in [-0.3, -0.25) is 14.0 Å². The second-order valence-electron chi connectivity index (χ2n) is 5.99. The van der Waals surface area contributed by atoms with Crippen molar-refractivity contribution in [1.82, 2.24) is 18.8 Å². The Hall–Kier alpha value is -3.54. The molecular formula is C20H16N4O2. The van der Waals surface area contributed by atoms with Gasteiger partial charge in [0.1, 0.15) is 17.0 Å². The van der Waals surface area contributed by atoms with Crippen LogP contribution in [0, 0.1) is 0 Å². The molecule has 4 aromatic rings. The van der Waals surface area contributed by atoms with Gasteiger partial charge in [0.2, 0.25) is 0 Å². The smallest absolute Gasteiger partial charge is 0.258 e. The fraction of sp³-hybridized carbons (Fsp3) is 0.100. The van der Waals surface area contributed by atoms with E-state index in [2.05, 4.69) is 16.5 Å². The molecular weight excluding hydrogens is 328 g/mol. The largest absolute Gasteiger partial charge is 0.307 e. The fourth-order valence-electron chi connectivity index (χ4n) is 2.86. The van der Waals surface area contributed by atoms with Gasteiger partial charge in [-0.2, -0.15) is 0 Å². The molecule has 0 unspecified atom stereocenters. The Morgan fingerprint density at radius 1 is 1.12 bits per heavy atom. The third-order valence-corrected chi connectivity index (χ3v) is 4.23. The lowest BCUT2D eigenvalue weighted by molar-refractivity contribution is 0.0977. The molecule has 0 bridgehead atoms. The number of fused-ring (bicyclic) bond motifs is 2. The molecule has 0 aromatic carbocycles. The van der Waals surface area contributed by atoms with Crippen LogP contribution in [0.25, 0.3) is 17.4 Å². The Balaban J connectivity index is 1.55. The number of aryl methyl sites for hydroxylation is 1. The van der Waals surface area contributed by atoms with E-state index in [1.165, 1.54) is 10.5 Å². The highest BCUT2D eigenvalue weighted by Crippen LogP contribution is 2.12. The van der Waals surface area contributed by atoms with Crippen molar-refractivity contribution < 1.29 is 4.79 Å². The van der Waals surface area contributed by atoms with Crippen molar-refractivity contribution in [2.45, 2.75) is 12.8 Å². The molecule has 0 aliphatic heterocycles. The Morgan fingerprint density at radius 2 is 2.00 bits per heavy atom. The standard InChI is InChI=1S/C20H16N4O2/c1-2-14-8-10-23-13-15(21-19(23)11-14)6-7-17(25)16-12-20(26)24-9-4-3-5-18(24)22-16/h2-5,8-13H,1,6-7H2. The lowest BCUT2D eigenvalue weighted by Gasteiger charge is -2.02. The molecule has 4 aromatic heterocycles. The van der Waals surface area contributed by atoms with E-state index in [4.69, 9.17) is 0 Å². The molecule has 4 heterocycles. The molecule has 6 nitrogen and oxygen atoms in total. The minimum absolute atomic E-state index is 0.169. The van der Waals surface area contributed by atoms with Gasteiger partial charge in [-0.05, 0) is 36.2 Å². The summed E-state index contributed by atoms with van der Waals surface area (Å²) in [5, 5.41) is 0. The highest BCUT2D eigenvalue weighted by atomic mass is 16.1. The van der Waals surface area contributed by atoms with Crippen LogP contribution in [-0.4, -0.2) is 24.6 Å². The van der Waals surface area contributed by atoms with E-state index in [1.54, 1.807) is 30.5 Å². The van der Waals surface area contributed by atoms with Crippen molar-refractivity contribution in [2.75, 3.05) is 0 Å². The van der Waals surface area contributed by atoms with Crippen LogP contribution < -0.4 is 5.56 Å². The van der Waals surface area contributed by atoms with Gasteiger partial charge in [0.05, 0.1) is 5.69 Å². The van der Waals surface area contributed by atoms with E-state index >= 15 is 0 Å². The van der Waals surface area contributed by atoms with Crippen molar-refractivity contribution in [3.63, 3.8) is 0 Å². The molecule has 0 saturated heterocycles. The Labute approximate surface area is 149 Å². The minimum atomic E-state index is -0.261.